The number of aromatic hydroxyl groups is 2. The van der Waals surface area contributed by atoms with Crippen LogP contribution in [0.5, 0.6) is 11.5 Å². The fourth-order valence-corrected chi connectivity index (χ4v) is 11.0. The number of aromatic nitrogens is 4. The number of esters is 3. The normalized spacial score (nSPS) is 18.0. The maximum atomic E-state index is 13.8. The molecular formula is C56H58N6O13. The number of rotatable bonds is 12. The zero-order chi connectivity index (χ0) is 53.8. The molecule has 19 heteroatoms. The van der Waals surface area contributed by atoms with Gasteiger partial charge in [0.1, 0.15) is 30.7 Å². The van der Waals surface area contributed by atoms with Crippen LogP contribution in [0.25, 0.3) is 44.6 Å². The number of hydrogen-bond donors (Lipinski definition) is 4. The van der Waals surface area contributed by atoms with Gasteiger partial charge in [-0.15, -0.1) is 0 Å². The van der Waals surface area contributed by atoms with E-state index in [0.29, 0.717) is 64.3 Å². The molecule has 2 aromatic carbocycles. The topological polar surface area (TPSA) is 264 Å². The summed E-state index contributed by atoms with van der Waals surface area (Å²) in [7, 11) is 0. The highest BCUT2D eigenvalue weighted by molar-refractivity contribution is 5.95. The molecule has 1 aliphatic carbocycles. The number of hydrogen-bond acceptors (Lipinski definition) is 15. The van der Waals surface area contributed by atoms with E-state index in [1.807, 2.05) is 13.8 Å². The number of ether oxygens (including phenoxy) is 3. The Kier molecular flexibility index (Phi) is 13.7. The first-order chi connectivity index (χ1) is 35.9. The van der Waals surface area contributed by atoms with Crippen LogP contribution in [-0.4, -0.2) is 77.4 Å². The number of carbonyl (C=O) groups excluding carboxylic acids is 6. The van der Waals surface area contributed by atoms with Crippen molar-refractivity contribution in [1.29, 1.82) is 0 Å². The summed E-state index contributed by atoms with van der Waals surface area (Å²) in [6, 6.07) is 12.4. The highest BCUT2D eigenvalue weighted by Crippen LogP contribution is 2.45. The molecule has 7 heterocycles. The minimum absolute atomic E-state index is 0.0272. The third-order valence-electron chi connectivity index (χ3n) is 15.0. The minimum atomic E-state index is -1.84. The largest absolute Gasteiger partial charge is 0.508 e. The van der Waals surface area contributed by atoms with Crippen LogP contribution in [0.1, 0.15) is 125 Å². The van der Waals surface area contributed by atoms with Gasteiger partial charge in [-0.05, 0) is 98.7 Å². The van der Waals surface area contributed by atoms with Gasteiger partial charge in [0.05, 0.1) is 52.5 Å². The molecule has 0 spiro atoms. The molecule has 0 radical (unpaired) electrons. The maximum Gasteiger partial charge on any atom is 0.355 e. The number of nitrogens with zero attached hydrogens (tertiary/aromatic N) is 4. The number of fused-ring (bicyclic) bond motifs is 10. The second-order valence-corrected chi connectivity index (χ2v) is 19.1. The Morgan fingerprint density at radius 2 is 1.20 bits per heavy atom. The highest BCUT2D eigenvalue weighted by Gasteiger charge is 2.52. The van der Waals surface area contributed by atoms with Gasteiger partial charge in [0, 0.05) is 57.9 Å². The number of aryl methyl sites for hydroxylation is 2. The van der Waals surface area contributed by atoms with Crippen LogP contribution in [0.3, 0.4) is 0 Å². The summed E-state index contributed by atoms with van der Waals surface area (Å²) < 4.78 is 20.2. The number of pyridine rings is 4. The summed E-state index contributed by atoms with van der Waals surface area (Å²) in [4.78, 5) is 113. The van der Waals surface area contributed by atoms with Gasteiger partial charge >= 0.3 is 17.9 Å². The molecule has 3 aliphatic heterocycles. The summed E-state index contributed by atoms with van der Waals surface area (Å²) in [5.74, 6) is -2.94. The molecule has 10 rings (SSSR count). The van der Waals surface area contributed by atoms with Crippen LogP contribution in [0.2, 0.25) is 0 Å². The lowest BCUT2D eigenvalue weighted by atomic mass is 9.76. The molecule has 19 nitrogen and oxygen atoms in total. The Bertz CT molecular complexity index is 3580. The van der Waals surface area contributed by atoms with E-state index < -0.39 is 35.2 Å². The van der Waals surface area contributed by atoms with Gasteiger partial charge in [-0.2, -0.15) is 0 Å². The predicted molar refractivity (Wildman–Crippen MR) is 274 cm³/mol. The second kappa shape index (κ2) is 19.9. The first kappa shape index (κ1) is 51.7. The molecule has 4 N–H and O–H groups in total. The van der Waals surface area contributed by atoms with E-state index in [1.165, 1.54) is 6.92 Å². The van der Waals surface area contributed by atoms with Gasteiger partial charge in [-0.3, -0.25) is 28.8 Å². The zero-order valence-electron chi connectivity index (χ0n) is 42.9. The Morgan fingerprint density at radius 3 is 1.71 bits per heavy atom. The molecule has 6 aromatic rings. The highest BCUT2D eigenvalue weighted by atomic mass is 16.6. The minimum Gasteiger partial charge on any atom is -0.508 e. The lowest BCUT2D eigenvalue weighted by Gasteiger charge is -2.36. The molecule has 390 valence electrons. The molecule has 0 saturated heterocycles. The molecular weight excluding hydrogens is 965 g/mol. The number of benzene rings is 2. The number of nitrogens with one attached hydrogen (secondary N) is 2. The van der Waals surface area contributed by atoms with Crippen LogP contribution in [-0.2, 0) is 93.1 Å². The molecule has 3 atom stereocenters. The maximum absolute atomic E-state index is 13.8. The average Bonchev–Trinajstić information content (AvgIpc) is 3.96. The summed E-state index contributed by atoms with van der Waals surface area (Å²) in [6.45, 7) is 12.3. The Balaban J connectivity index is 0.000000184. The zero-order valence-corrected chi connectivity index (χ0v) is 42.9. The van der Waals surface area contributed by atoms with Gasteiger partial charge in [-0.1, -0.05) is 41.5 Å². The van der Waals surface area contributed by atoms with Crippen LogP contribution in [0.4, 0.5) is 0 Å². The quantitative estimate of drug-likeness (QED) is 0.0845. The number of phenolic OH excluding ortho intramolecular Hbond substituents is 2. The first-order valence-electron chi connectivity index (χ1n) is 25.4. The van der Waals surface area contributed by atoms with E-state index in [9.17, 15) is 48.6 Å². The van der Waals surface area contributed by atoms with Gasteiger partial charge in [0.2, 0.25) is 17.4 Å². The summed E-state index contributed by atoms with van der Waals surface area (Å²) >= 11 is 0. The number of ketones is 1. The lowest BCUT2D eigenvalue weighted by Crippen LogP contribution is -2.50. The summed E-state index contributed by atoms with van der Waals surface area (Å²) in [5.41, 5.74) is 4.84. The molecule has 0 bridgehead atoms. The van der Waals surface area contributed by atoms with Gasteiger partial charge in [0.15, 0.2) is 11.4 Å². The van der Waals surface area contributed by atoms with Crippen molar-refractivity contribution in [3.8, 4) is 34.3 Å². The molecule has 2 amide bonds. The SMILES string of the molecule is CCC(=O)NCC(=O)O[C@]1(CC)C(=O)CCc2c1cc1n(c2=O)Cc2c-1nc1ccc(O)cc1c2CC.CCC(=O)N[C@@H](C)C(=O)O[C@]1(CC)C(=O)OCc2c1cc1n(c2=O)Cc2c-1nc1ccc(O)cc1c2CC. The van der Waals surface area contributed by atoms with Gasteiger partial charge < -0.3 is 44.2 Å². The van der Waals surface area contributed by atoms with Crippen molar-refractivity contribution in [3.05, 3.63) is 114 Å². The summed E-state index contributed by atoms with van der Waals surface area (Å²) in [6.07, 6.45) is 2.28. The second-order valence-electron chi connectivity index (χ2n) is 19.1. The third kappa shape index (κ3) is 8.56. The summed E-state index contributed by atoms with van der Waals surface area (Å²) in [5, 5.41) is 26.8. The Morgan fingerprint density at radius 1 is 0.680 bits per heavy atom. The third-order valence-corrected chi connectivity index (χ3v) is 15.0. The van der Waals surface area contributed by atoms with Crippen molar-refractivity contribution in [2.24, 2.45) is 0 Å². The van der Waals surface area contributed by atoms with E-state index in [-0.39, 0.29) is 110 Å². The number of Topliss-reactive ketones (excluding diaryl/α,β-unsaturated/α-hetero) is 1. The van der Waals surface area contributed by atoms with E-state index in [4.69, 9.17) is 24.2 Å². The molecule has 0 unspecified atom stereocenters. The van der Waals surface area contributed by atoms with Crippen LogP contribution in [0.15, 0.2) is 58.1 Å². The van der Waals surface area contributed by atoms with Crippen LogP contribution >= 0.6 is 0 Å². The van der Waals surface area contributed by atoms with Gasteiger partial charge in [-0.25, -0.2) is 19.6 Å². The number of cyclic esters (lactones) is 1. The Labute approximate surface area is 430 Å². The van der Waals surface area contributed by atoms with Crippen molar-refractivity contribution in [2.75, 3.05) is 6.54 Å². The lowest BCUT2D eigenvalue weighted by molar-refractivity contribution is -0.190. The van der Waals surface area contributed by atoms with Crippen molar-refractivity contribution < 1.29 is 53.2 Å². The van der Waals surface area contributed by atoms with Crippen LogP contribution in [0, 0.1) is 0 Å². The molecule has 75 heavy (non-hydrogen) atoms. The predicted octanol–water partition coefficient (Wildman–Crippen LogP) is 5.70. The van der Waals surface area contributed by atoms with Gasteiger partial charge in [0.25, 0.3) is 11.1 Å². The van der Waals surface area contributed by atoms with E-state index >= 15 is 0 Å². The molecule has 4 aliphatic rings. The first-order valence-corrected chi connectivity index (χ1v) is 25.4. The smallest absolute Gasteiger partial charge is 0.355 e. The Hall–Kier alpha value is -8.22. The van der Waals surface area contributed by atoms with Crippen LogP contribution < -0.4 is 21.8 Å². The molecule has 4 aromatic heterocycles. The van der Waals surface area contributed by atoms with E-state index in [1.54, 1.807) is 85.4 Å². The van der Waals surface area contributed by atoms with E-state index in [2.05, 4.69) is 10.6 Å². The fraction of sp³-hybridized carbons (Fsp3) is 0.393. The molecule has 0 fully saturated rings. The fourth-order valence-electron chi connectivity index (χ4n) is 11.0. The van der Waals surface area contributed by atoms with E-state index in [0.717, 1.165) is 33.0 Å². The number of carbonyl (C=O) groups is 6. The monoisotopic (exact) mass is 1020 g/mol. The number of amides is 2. The van der Waals surface area contributed by atoms with Crippen molar-refractivity contribution >= 4 is 57.3 Å². The van der Waals surface area contributed by atoms with Crippen molar-refractivity contribution in [2.45, 2.75) is 137 Å². The standard InChI is InChI=1S/C28H29N3O7.C28H29N3O6/c1-5-16-17-10-15(32)8-9-21(17)30-24-18(16)12-31-22(24)11-20-19(25(31)34)13-37-27(36)28(20,7-3)38-26(35)14(4)29-23(33)6-2;1-4-16-18-11-15(32)7-9-21(18)30-26-19(16)14-31-22(26)12-20-17(27(31)36)8-10-23(33)28(20,6-3)37-25(35)13-29-24(34)5-2/h8-11,14,32H,5-7,12-13H2,1-4H3,(H,29,33);7,9,11-12,32H,4-6,8,10,13-14H2,1-3H3,(H,29,34)/t14-,28-;28-/m00/s1. The average molecular weight is 1020 g/mol. The number of phenols is 2. The molecule has 0 saturated carbocycles. The van der Waals surface area contributed by atoms with Crippen molar-refractivity contribution in [3.63, 3.8) is 0 Å². The van der Waals surface area contributed by atoms with Crippen molar-refractivity contribution in [1.82, 2.24) is 29.7 Å².